The molecule has 2 aromatic carbocycles. The Morgan fingerprint density at radius 3 is 2.38 bits per heavy atom. The molecule has 156 valence electrons. The van der Waals surface area contributed by atoms with Crippen molar-refractivity contribution in [3.05, 3.63) is 68.7 Å². The summed E-state index contributed by atoms with van der Waals surface area (Å²) in [6, 6.07) is 9.75. The number of sulfonamides is 1. The van der Waals surface area contributed by atoms with Crippen molar-refractivity contribution >= 4 is 38.9 Å². The Bertz CT molecular complexity index is 1010. The Morgan fingerprint density at radius 2 is 1.86 bits per heavy atom. The maximum atomic E-state index is 12.8. The molecule has 0 aliphatic carbocycles. The van der Waals surface area contributed by atoms with Crippen molar-refractivity contribution in [3.63, 3.8) is 0 Å². The molecular formula is C19H22ClN3O5S. The summed E-state index contributed by atoms with van der Waals surface area (Å²) in [5.74, 6) is -0.501. The predicted octanol–water partition coefficient (Wildman–Crippen LogP) is 3.42. The normalized spacial score (nSPS) is 12.3. The maximum absolute atomic E-state index is 12.8. The lowest BCUT2D eigenvalue weighted by atomic mass is 10.1. The Labute approximate surface area is 174 Å². The number of nitro groups is 1. The Kier molecular flexibility index (Phi) is 7.21. The molecule has 0 aromatic heterocycles. The molecule has 2 aromatic rings. The van der Waals surface area contributed by atoms with E-state index in [1.165, 1.54) is 18.2 Å². The fourth-order valence-electron chi connectivity index (χ4n) is 2.89. The Balaban J connectivity index is 2.37. The third-order valence-corrected chi connectivity index (χ3v) is 5.77. The zero-order chi connectivity index (χ0) is 21.8. The van der Waals surface area contributed by atoms with Gasteiger partial charge in [-0.05, 0) is 36.6 Å². The molecule has 0 aliphatic rings. The number of nitrogens with zero attached hydrogens (tertiary/aromatic N) is 2. The second-order valence-electron chi connectivity index (χ2n) is 6.56. The maximum Gasteiger partial charge on any atom is 0.271 e. The molecule has 1 atom stereocenters. The average molecular weight is 440 g/mol. The minimum Gasteiger partial charge on any atom is -0.350 e. The van der Waals surface area contributed by atoms with Crippen LogP contribution >= 0.6 is 11.6 Å². The molecule has 0 saturated heterocycles. The molecule has 1 unspecified atom stereocenters. The molecule has 0 aliphatic heterocycles. The summed E-state index contributed by atoms with van der Waals surface area (Å²) in [5, 5.41) is 14.4. The lowest BCUT2D eigenvalue weighted by Gasteiger charge is -2.31. The standard InChI is InChI=1S/C19H22ClN3O5S/c1-4-17(19(24)21-12-14-6-8-15(20)9-7-14)22(29(3,27)28)18-11-16(23(25)26)10-5-13(18)2/h5-11,17H,4,12H2,1-3H3,(H,21,24). The number of nitro benzene ring substituents is 1. The van der Waals surface area contributed by atoms with Gasteiger partial charge in [-0.1, -0.05) is 36.7 Å². The molecule has 29 heavy (non-hydrogen) atoms. The first-order valence-corrected chi connectivity index (χ1v) is 11.0. The van der Waals surface area contributed by atoms with Crippen molar-refractivity contribution in [3.8, 4) is 0 Å². The van der Waals surface area contributed by atoms with E-state index in [0.717, 1.165) is 16.1 Å². The average Bonchev–Trinajstić information content (AvgIpc) is 2.65. The summed E-state index contributed by atoms with van der Waals surface area (Å²) in [7, 11) is -3.90. The minimum atomic E-state index is -3.90. The molecular weight excluding hydrogens is 418 g/mol. The molecule has 10 heteroatoms. The van der Waals surface area contributed by atoms with Crippen molar-refractivity contribution in [2.24, 2.45) is 0 Å². The van der Waals surface area contributed by atoms with Gasteiger partial charge < -0.3 is 5.32 Å². The van der Waals surface area contributed by atoms with Gasteiger partial charge in [-0.3, -0.25) is 19.2 Å². The van der Waals surface area contributed by atoms with Gasteiger partial charge in [0, 0.05) is 23.7 Å². The molecule has 1 N–H and O–H groups in total. The summed E-state index contributed by atoms with van der Waals surface area (Å²) in [5.41, 5.74) is 1.16. The first-order chi connectivity index (χ1) is 13.5. The third kappa shape index (κ3) is 5.68. The topological polar surface area (TPSA) is 110 Å². The number of carbonyl (C=O) groups excluding carboxylic acids is 1. The van der Waals surface area contributed by atoms with Gasteiger partial charge in [0.05, 0.1) is 16.9 Å². The SMILES string of the molecule is CCC(C(=O)NCc1ccc(Cl)cc1)N(c1cc([N+](=O)[O-])ccc1C)S(C)(=O)=O. The van der Waals surface area contributed by atoms with Crippen LogP contribution < -0.4 is 9.62 Å². The number of amides is 1. The highest BCUT2D eigenvalue weighted by Gasteiger charge is 2.33. The number of hydrogen-bond acceptors (Lipinski definition) is 5. The van der Waals surface area contributed by atoms with Gasteiger partial charge in [0.15, 0.2) is 0 Å². The van der Waals surface area contributed by atoms with Gasteiger partial charge in [-0.25, -0.2) is 8.42 Å². The van der Waals surface area contributed by atoms with E-state index in [1.807, 2.05) is 0 Å². The van der Waals surface area contributed by atoms with Gasteiger partial charge in [0.2, 0.25) is 15.9 Å². The zero-order valence-corrected chi connectivity index (χ0v) is 17.8. The van der Waals surface area contributed by atoms with Crippen LogP contribution in [0.3, 0.4) is 0 Å². The number of nitrogens with one attached hydrogen (secondary N) is 1. The summed E-state index contributed by atoms with van der Waals surface area (Å²) < 4.78 is 26.0. The number of non-ortho nitro benzene ring substituents is 1. The lowest BCUT2D eigenvalue weighted by Crippen LogP contribution is -2.49. The molecule has 0 spiro atoms. The fourth-order valence-corrected chi connectivity index (χ4v) is 4.28. The fraction of sp³-hybridized carbons (Fsp3) is 0.316. The molecule has 0 heterocycles. The second kappa shape index (κ2) is 9.23. The lowest BCUT2D eigenvalue weighted by molar-refractivity contribution is -0.384. The monoisotopic (exact) mass is 439 g/mol. The molecule has 0 radical (unpaired) electrons. The van der Waals surface area contributed by atoms with Crippen molar-refractivity contribution in [1.82, 2.24) is 5.32 Å². The van der Waals surface area contributed by atoms with Crippen LogP contribution in [0.1, 0.15) is 24.5 Å². The van der Waals surface area contributed by atoms with Crippen molar-refractivity contribution in [2.45, 2.75) is 32.9 Å². The predicted molar refractivity (Wildman–Crippen MR) is 113 cm³/mol. The van der Waals surface area contributed by atoms with E-state index in [2.05, 4.69) is 5.32 Å². The summed E-state index contributed by atoms with van der Waals surface area (Å²) >= 11 is 5.85. The molecule has 0 fully saturated rings. The molecule has 2 rings (SSSR count). The van der Waals surface area contributed by atoms with Crippen LogP contribution in [0, 0.1) is 17.0 Å². The zero-order valence-electron chi connectivity index (χ0n) is 16.3. The van der Waals surface area contributed by atoms with Crippen LogP contribution in [0.2, 0.25) is 5.02 Å². The highest BCUT2D eigenvalue weighted by molar-refractivity contribution is 7.92. The third-order valence-electron chi connectivity index (χ3n) is 4.35. The largest absolute Gasteiger partial charge is 0.350 e. The van der Waals surface area contributed by atoms with Crippen LogP contribution in [0.4, 0.5) is 11.4 Å². The van der Waals surface area contributed by atoms with E-state index in [9.17, 15) is 23.3 Å². The molecule has 8 nitrogen and oxygen atoms in total. The minimum absolute atomic E-state index is 0.107. The molecule has 0 saturated carbocycles. The van der Waals surface area contributed by atoms with E-state index in [4.69, 9.17) is 11.6 Å². The smallest absolute Gasteiger partial charge is 0.271 e. The molecule has 1 amide bonds. The van der Waals surface area contributed by atoms with Crippen LogP contribution in [0.25, 0.3) is 0 Å². The number of hydrogen-bond donors (Lipinski definition) is 1. The van der Waals surface area contributed by atoms with Gasteiger partial charge in [-0.2, -0.15) is 0 Å². The van der Waals surface area contributed by atoms with E-state index in [-0.39, 0.29) is 24.3 Å². The first-order valence-electron chi connectivity index (χ1n) is 8.81. The Hall–Kier alpha value is -2.65. The summed E-state index contributed by atoms with van der Waals surface area (Å²) in [6.45, 7) is 3.50. The quantitative estimate of drug-likeness (QED) is 0.500. The number of halogens is 1. The van der Waals surface area contributed by atoms with E-state index in [1.54, 1.807) is 38.1 Å². The van der Waals surface area contributed by atoms with Crippen LogP contribution in [0.5, 0.6) is 0 Å². The van der Waals surface area contributed by atoms with Gasteiger partial charge in [-0.15, -0.1) is 0 Å². The van der Waals surface area contributed by atoms with E-state index < -0.39 is 26.9 Å². The van der Waals surface area contributed by atoms with Crippen molar-refractivity contribution < 1.29 is 18.1 Å². The number of carbonyl (C=O) groups is 1. The van der Waals surface area contributed by atoms with Crippen LogP contribution in [-0.2, 0) is 21.4 Å². The van der Waals surface area contributed by atoms with Gasteiger partial charge in [0.25, 0.3) is 5.69 Å². The Morgan fingerprint density at radius 1 is 1.24 bits per heavy atom. The molecule has 0 bridgehead atoms. The number of rotatable bonds is 8. The highest BCUT2D eigenvalue weighted by atomic mass is 35.5. The van der Waals surface area contributed by atoms with E-state index >= 15 is 0 Å². The van der Waals surface area contributed by atoms with E-state index in [0.29, 0.717) is 10.6 Å². The number of aryl methyl sites for hydroxylation is 1. The highest BCUT2D eigenvalue weighted by Crippen LogP contribution is 2.30. The van der Waals surface area contributed by atoms with Crippen molar-refractivity contribution in [1.29, 1.82) is 0 Å². The summed E-state index contributed by atoms with van der Waals surface area (Å²) in [4.78, 5) is 23.4. The number of benzene rings is 2. The first kappa shape index (κ1) is 22.6. The summed E-state index contributed by atoms with van der Waals surface area (Å²) in [6.07, 6.45) is 1.15. The number of anilines is 1. The van der Waals surface area contributed by atoms with Crippen LogP contribution in [0.15, 0.2) is 42.5 Å². The van der Waals surface area contributed by atoms with Gasteiger partial charge in [0.1, 0.15) is 6.04 Å². The second-order valence-corrected chi connectivity index (χ2v) is 8.85. The van der Waals surface area contributed by atoms with Gasteiger partial charge >= 0.3 is 0 Å². The van der Waals surface area contributed by atoms with Crippen LogP contribution in [-0.4, -0.2) is 31.5 Å². The van der Waals surface area contributed by atoms with Crippen molar-refractivity contribution in [2.75, 3.05) is 10.6 Å².